The summed E-state index contributed by atoms with van der Waals surface area (Å²) < 4.78 is 0. The average Bonchev–Trinajstić information content (AvgIpc) is 2.23. The summed E-state index contributed by atoms with van der Waals surface area (Å²) in [5.74, 6) is 1.35. The van der Waals surface area contributed by atoms with Gasteiger partial charge in [-0.2, -0.15) is 0 Å². The predicted octanol–water partition coefficient (Wildman–Crippen LogP) is 0.979. The van der Waals surface area contributed by atoms with E-state index in [2.05, 4.69) is 41.1 Å². The van der Waals surface area contributed by atoms with Crippen LogP contribution in [0.5, 0.6) is 0 Å². The first-order valence-electron chi connectivity index (χ1n) is 6.01. The van der Waals surface area contributed by atoms with E-state index < -0.39 is 0 Å². The molecule has 0 radical (unpaired) electrons. The van der Waals surface area contributed by atoms with Crippen molar-refractivity contribution < 1.29 is 0 Å². The maximum absolute atomic E-state index is 5.54. The zero-order valence-corrected chi connectivity index (χ0v) is 10.8. The zero-order valence-electron chi connectivity index (χ0n) is 10.8. The highest BCUT2D eigenvalue weighted by molar-refractivity contribution is 5.41. The molecule has 1 aromatic rings. The van der Waals surface area contributed by atoms with Crippen LogP contribution < -0.4 is 10.6 Å². The Bertz CT molecular complexity index is 369. The number of nitrogens with two attached hydrogens (primary N) is 1. The van der Waals surface area contributed by atoms with Crippen LogP contribution in [-0.4, -0.2) is 48.3 Å². The molecule has 0 amide bonds. The second-order valence-corrected chi connectivity index (χ2v) is 5.14. The minimum absolute atomic E-state index is 0.303. The Kier molecular flexibility index (Phi) is 3.19. The monoisotopic (exact) mass is 235 g/mol. The van der Waals surface area contributed by atoms with Gasteiger partial charge in [-0.15, -0.1) is 10.2 Å². The lowest BCUT2D eigenvalue weighted by Gasteiger charge is -2.49. The molecule has 0 aromatic carbocycles. The minimum Gasteiger partial charge on any atom is -0.382 e. The van der Waals surface area contributed by atoms with Gasteiger partial charge in [-0.3, -0.25) is 0 Å². The third-order valence-electron chi connectivity index (χ3n) is 3.83. The van der Waals surface area contributed by atoms with E-state index in [4.69, 9.17) is 5.73 Å². The standard InChI is InChI=1S/C12H21N5/c1-16(2)12(7-4-8-12)9-17(3)11-6-5-10(13)14-15-11/h5-6H,4,7-9H2,1-3H3,(H2,13,14). The summed E-state index contributed by atoms with van der Waals surface area (Å²) in [6.07, 6.45) is 3.83. The summed E-state index contributed by atoms with van der Waals surface area (Å²) in [5, 5.41) is 8.00. The SMILES string of the molecule is CN(CC1(N(C)C)CCC1)c1ccc(N)nn1. The Hall–Kier alpha value is -1.36. The molecule has 0 unspecified atom stereocenters. The number of anilines is 2. The van der Waals surface area contributed by atoms with Gasteiger partial charge in [0.25, 0.3) is 0 Å². The summed E-state index contributed by atoms with van der Waals surface area (Å²) >= 11 is 0. The summed E-state index contributed by atoms with van der Waals surface area (Å²) in [6, 6.07) is 3.71. The van der Waals surface area contributed by atoms with E-state index in [1.54, 1.807) is 6.07 Å². The Labute approximate surface area is 103 Å². The fourth-order valence-electron chi connectivity index (χ4n) is 2.39. The van der Waals surface area contributed by atoms with Crippen molar-refractivity contribution in [2.75, 3.05) is 38.3 Å². The lowest BCUT2D eigenvalue weighted by atomic mass is 9.75. The van der Waals surface area contributed by atoms with E-state index in [0.717, 1.165) is 12.4 Å². The molecule has 17 heavy (non-hydrogen) atoms. The maximum atomic E-state index is 5.54. The van der Waals surface area contributed by atoms with Gasteiger partial charge in [0, 0.05) is 19.1 Å². The average molecular weight is 235 g/mol. The molecule has 0 atom stereocenters. The van der Waals surface area contributed by atoms with Gasteiger partial charge in [-0.25, -0.2) is 0 Å². The van der Waals surface area contributed by atoms with Crippen LogP contribution in [0.4, 0.5) is 11.6 Å². The van der Waals surface area contributed by atoms with Crippen molar-refractivity contribution in [1.29, 1.82) is 0 Å². The Morgan fingerprint density at radius 1 is 1.24 bits per heavy atom. The normalized spacial score (nSPS) is 17.9. The van der Waals surface area contributed by atoms with Crippen LogP contribution in [0.3, 0.4) is 0 Å². The van der Waals surface area contributed by atoms with Crippen LogP contribution in [0.15, 0.2) is 12.1 Å². The smallest absolute Gasteiger partial charge is 0.151 e. The number of hydrogen-bond donors (Lipinski definition) is 1. The van der Waals surface area contributed by atoms with Crippen molar-refractivity contribution in [2.45, 2.75) is 24.8 Å². The van der Waals surface area contributed by atoms with Crippen LogP contribution in [-0.2, 0) is 0 Å². The molecule has 1 aliphatic carbocycles. The first-order chi connectivity index (χ1) is 8.03. The Morgan fingerprint density at radius 3 is 2.35 bits per heavy atom. The second kappa shape index (κ2) is 4.49. The lowest BCUT2D eigenvalue weighted by Crippen LogP contribution is -2.56. The Morgan fingerprint density at radius 2 is 1.94 bits per heavy atom. The molecule has 1 saturated carbocycles. The summed E-state index contributed by atoms with van der Waals surface area (Å²) in [7, 11) is 6.37. The number of nitrogens with zero attached hydrogens (tertiary/aromatic N) is 4. The fraction of sp³-hybridized carbons (Fsp3) is 0.667. The molecule has 0 bridgehead atoms. The Balaban J connectivity index is 2.05. The molecule has 1 aliphatic rings. The van der Waals surface area contributed by atoms with Crippen LogP contribution in [0.25, 0.3) is 0 Å². The van der Waals surface area contributed by atoms with E-state index in [0.29, 0.717) is 11.4 Å². The molecule has 0 saturated heterocycles. The molecular formula is C12H21N5. The highest BCUT2D eigenvalue weighted by Crippen LogP contribution is 2.37. The van der Waals surface area contributed by atoms with Gasteiger partial charge in [0.2, 0.25) is 0 Å². The molecule has 0 aliphatic heterocycles. The molecule has 2 rings (SSSR count). The highest BCUT2D eigenvalue weighted by Gasteiger charge is 2.40. The van der Waals surface area contributed by atoms with E-state index in [1.165, 1.54) is 19.3 Å². The van der Waals surface area contributed by atoms with Gasteiger partial charge >= 0.3 is 0 Å². The van der Waals surface area contributed by atoms with Gasteiger partial charge < -0.3 is 15.5 Å². The number of aromatic nitrogens is 2. The molecule has 5 heteroatoms. The molecule has 2 N–H and O–H groups in total. The first kappa shape index (κ1) is 12.1. The third-order valence-corrected chi connectivity index (χ3v) is 3.83. The van der Waals surface area contributed by atoms with Gasteiger partial charge in [-0.05, 0) is 45.5 Å². The number of nitrogen functional groups attached to an aromatic ring is 1. The van der Waals surface area contributed by atoms with Gasteiger partial charge in [0.15, 0.2) is 5.82 Å². The van der Waals surface area contributed by atoms with Crippen molar-refractivity contribution in [1.82, 2.24) is 15.1 Å². The highest BCUT2D eigenvalue weighted by atomic mass is 15.3. The van der Waals surface area contributed by atoms with E-state index in [-0.39, 0.29) is 0 Å². The van der Waals surface area contributed by atoms with E-state index in [9.17, 15) is 0 Å². The summed E-state index contributed by atoms with van der Waals surface area (Å²) in [5.41, 5.74) is 5.84. The van der Waals surface area contributed by atoms with Crippen LogP contribution in [0.1, 0.15) is 19.3 Å². The van der Waals surface area contributed by atoms with Gasteiger partial charge in [0.1, 0.15) is 5.82 Å². The topological polar surface area (TPSA) is 58.3 Å². The molecular weight excluding hydrogens is 214 g/mol. The molecule has 1 aromatic heterocycles. The number of likely N-dealkylation sites (N-methyl/N-ethyl adjacent to an activating group) is 2. The van der Waals surface area contributed by atoms with Gasteiger partial charge in [-0.1, -0.05) is 0 Å². The van der Waals surface area contributed by atoms with Crippen LogP contribution in [0.2, 0.25) is 0 Å². The predicted molar refractivity (Wildman–Crippen MR) is 70.0 cm³/mol. The quantitative estimate of drug-likeness (QED) is 0.843. The number of rotatable bonds is 4. The van der Waals surface area contributed by atoms with Crippen molar-refractivity contribution in [3.05, 3.63) is 12.1 Å². The third kappa shape index (κ3) is 2.34. The summed E-state index contributed by atoms with van der Waals surface area (Å²) in [6.45, 7) is 0.985. The van der Waals surface area contributed by atoms with Crippen LogP contribution >= 0.6 is 0 Å². The van der Waals surface area contributed by atoms with Crippen LogP contribution in [0, 0.1) is 0 Å². The largest absolute Gasteiger partial charge is 0.382 e. The maximum Gasteiger partial charge on any atom is 0.151 e. The lowest BCUT2D eigenvalue weighted by molar-refractivity contribution is 0.0681. The molecule has 1 heterocycles. The van der Waals surface area contributed by atoms with Gasteiger partial charge in [0.05, 0.1) is 0 Å². The first-order valence-corrected chi connectivity index (χ1v) is 6.01. The van der Waals surface area contributed by atoms with Crippen molar-refractivity contribution in [2.24, 2.45) is 0 Å². The van der Waals surface area contributed by atoms with E-state index >= 15 is 0 Å². The molecule has 0 spiro atoms. The van der Waals surface area contributed by atoms with Crippen molar-refractivity contribution in [3.63, 3.8) is 0 Å². The fourth-order valence-corrected chi connectivity index (χ4v) is 2.39. The summed E-state index contributed by atoms with van der Waals surface area (Å²) in [4.78, 5) is 4.49. The molecule has 94 valence electrons. The molecule has 5 nitrogen and oxygen atoms in total. The number of hydrogen-bond acceptors (Lipinski definition) is 5. The minimum atomic E-state index is 0.303. The second-order valence-electron chi connectivity index (χ2n) is 5.14. The van der Waals surface area contributed by atoms with E-state index in [1.807, 2.05) is 6.07 Å². The molecule has 1 fully saturated rings. The van der Waals surface area contributed by atoms with Crippen molar-refractivity contribution in [3.8, 4) is 0 Å². The van der Waals surface area contributed by atoms with Crippen molar-refractivity contribution >= 4 is 11.6 Å². The zero-order chi connectivity index (χ0) is 12.5.